The number of nitrogens with one attached hydrogen (secondary N) is 1. The van der Waals surface area contributed by atoms with Gasteiger partial charge in [0.25, 0.3) is 0 Å². The number of benzene rings is 1. The minimum atomic E-state index is -1.04. The predicted octanol–water partition coefficient (Wildman–Crippen LogP) is 2.15. The van der Waals surface area contributed by atoms with Crippen molar-refractivity contribution in [2.45, 2.75) is 4.90 Å². The quantitative estimate of drug-likeness (QED) is 0.718. The lowest BCUT2D eigenvalue weighted by Gasteiger charge is -2.02. The van der Waals surface area contributed by atoms with Gasteiger partial charge in [0.05, 0.1) is 26.3 Å². The zero-order chi connectivity index (χ0) is 10.3. The summed E-state index contributed by atoms with van der Waals surface area (Å²) in [5, 5.41) is 3.17. The van der Waals surface area contributed by atoms with Gasteiger partial charge >= 0.3 is 0 Å². The van der Waals surface area contributed by atoms with Crippen molar-refractivity contribution in [3.8, 4) is 0 Å². The van der Waals surface area contributed by atoms with Crippen LogP contribution < -0.4 is 5.32 Å². The Morgan fingerprint density at radius 1 is 1.13 bits per heavy atom. The molecule has 1 aromatic carbocycles. The molecule has 0 spiro atoms. The molecule has 1 N–H and O–H groups in total. The summed E-state index contributed by atoms with van der Waals surface area (Å²) in [4.78, 5) is 1.76. The molecule has 0 saturated carbocycles. The maximum Gasteiger partial charge on any atom is 0.0877 e. The largest absolute Gasteiger partial charge is 0.360 e. The first-order valence-electron chi connectivity index (χ1n) is 4.73. The molecule has 15 heavy (non-hydrogen) atoms. The molecule has 0 bridgehead atoms. The lowest BCUT2D eigenvalue weighted by atomic mass is 10.1. The third-order valence-corrected chi connectivity index (χ3v) is 3.98. The Balaban J connectivity index is 2.26. The number of hydrogen-bond donors (Lipinski definition) is 1. The Bertz CT molecular complexity index is 540. The molecule has 1 unspecified atom stereocenters. The third kappa shape index (κ3) is 1.20. The molecule has 0 fully saturated rings. The van der Waals surface area contributed by atoms with Crippen LogP contribution in [0.15, 0.2) is 58.5 Å². The first-order chi connectivity index (χ1) is 7.38. The molecule has 2 aliphatic heterocycles. The van der Waals surface area contributed by atoms with Crippen molar-refractivity contribution in [3.63, 3.8) is 0 Å². The van der Waals surface area contributed by atoms with E-state index < -0.39 is 10.8 Å². The van der Waals surface area contributed by atoms with Crippen LogP contribution in [0, 0.1) is 0 Å². The molecule has 0 saturated heterocycles. The molecule has 2 nitrogen and oxygen atoms in total. The van der Waals surface area contributed by atoms with Gasteiger partial charge in [0, 0.05) is 11.8 Å². The highest BCUT2D eigenvalue weighted by atomic mass is 32.2. The molecule has 1 aromatic rings. The van der Waals surface area contributed by atoms with Crippen LogP contribution in [-0.4, -0.2) is 4.21 Å². The van der Waals surface area contributed by atoms with Crippen molar-refractivity contribution in [2.75, 3.05) is 0 Å². The van der Waals surface area contributed by atoms with Crippen LogP contribution >= 0.6 is 0 Å². The number of rotatable bonds is 0. The smallest absolute Gasteiger partial charge is 0.0877 e. The Kier molecular flexibility index (Phi) is 1.86. The van der Waals surface area contributed by atoms with Gasteiger partial charge in [-0.15, -0.1) is 0 Å². The zero-order valence-corrected chi connectivity index (χ0v) is 8.75. The Morgan fingerprint density at radius 2 is 2.00 bits per heavy atom. The lowest BCUT2D eigenvalue weighted by Crippen LogP contribution is -2.02. The van der Waals surface area contributed by atoms with Crippen LogP contribution in [0.4, 0.5) is 0 Å². The summed E-state index contributed by atoms with van der Waals surface area (Å²) in [6.45, 7) is 0. The van der Waals surface area contributed by atoms with Gasteiger partial charge < -0.3 is 5.32 Å². The van der Waals surface area contributed by atoms with Gasteiger partial charge in [0.15, 0.2) is 0 Å². The van der Waals surface area contributed by atoms with Crippen molar-refractivity contribution in [1.29, 1.82) is 0 Å². The van der Waals surface area contributed by atoms with E-state index in [2.05, 4.69) is 5.32 Å². The zero-order valence-electron chi connectivity index (χ0n) is 7.94. The van der Waals surface area contributed by atoms with E-state index in [0.29, 0.717) is 0 Å². The van der Waals surface area contributed by atoms with Gasteiger partial charge in [-0.25, -0.2) is 4.21 Å². The second-order valence-corrected chi connectivity index (χ2v) is 4.78. The fourth-order valence-electron chi connectivity index (χ4n) is 1.80. The van der Waals surface area contributed by atoms with Gasteiger partial charge in [0.2, 0.25) is 0 Å². The van der Waals surface area contributed by atoms with Crippen LogP contribution in [0.3, 0.4) is 0 Å². The molecule has 3 rings (SSSR count). The molecule has 3 heteroatoms. The van der Waals surface area contributed by atoms with E-state index in [1.807, 2.05) is 48.7 Å². The molecule has 2 aliphatic rings. The van der Waals surface area contributed by atoms with E-state index in [9.17, 15) is 4.21 Å². The number of fused-ring (bicyclic) bond motifs is 2. The lowest BCUT2D eigenvalue weighted by molar-refractivity contribution is 0.688. The SMILES string of the molecule is O=S1C2=C(NC=CC=C2)c2ccccc21. The molecule has 2 heterocycles. The summed E-state index contributed by atoms with van der Waals surface area (Å²) in [6.07, 6.45) is 7.57. The summed E-state index contributed by atoms with van der Waals surface area (Å²) < 4.78 is 12.1. The van der Waals surface area contributed by atoms with E-state index in [0.717, 1.165) is 21.1 Å². The molecular weight excluding hydrogens is 206 g/mol. The second kappa shape index (κ2) is 3.21. The van der Waals surface area contributed by atoms with Crippen molar-refractivity contribution in [2.24, 2.45) is 0 Å². The first kappa shape index (κ1) is 8.68. The van der Waals surface area contributed by atoms with Crippen molar-refractivity contribution >= 4 is 16.5 Å². The Labute approximate surface area is 90.5 Å². The van der Waals surface area contributed by atoms with Gasteiger partial charge in [-0.05, 0) is 18.2 Å². The van der Waals surface area contributed by atoms with Crippen molar-refractivity contribution in [3.05, 3.63) is 59.2 Å². The van der Waals surface area contributed by atoms with Crippen LogP contribution in [0.1, 0.15) is 5.56 Å². The topological polar surface area (TPSA) is 29.1 Å². The van der Waals surface area contributed by atoms with Gasteiger partial charge in [-0.1, -0.05) is 24.3 Å². The molecule has 0 aliphatic carbocycles. The maximum atomic E-state index is 12.1. The monoisotopic (exact) mass is 215 g/mol. The molecular formula is C12H9NOS. The molecule has 1 atom stereocenters. The van der Waals surface area contributed by atoms with Gasteiger partial charge in [-0.3, -0.25) is 0 Å². The molecule has 74 valence electrons. The standard InChI is InChI=1S/C12H9NOS/c14-15-10-6-2-1-5-9(10)12-11(15)7-3-4-8-13-12/h1-8,13H. The average Bonchev–Trinajstić information content (AvgIpc) is 2.48. The van der Waals surface area contributed by atoms with Crippen molar-refractivity contribution in [1.82, 2.24) is 5.32 Å². The predicted molar refractivity (Wildman–Crippen MR) is 61.2 cm³/mol. The number of allylic oxidation sites excluding steroid dienone is 3. The highest BCUT2D eigenvalue weighted by molar-refractivity contribution is 7.90. The van der Waals surface area contributed by atoms with E-state index >= 15 is 0 Å². The van der Waals surface area contributed by atoms with Crippen LogP contribution in [0.2, 0.25) is 0 Å². The van der Waals surface area contributed by atoms with Crippen LogP contribution in [-0.2, 0) is 10.8 Å². The van der Waals surface area contributed by atoms with E-state index in [4.69, 9.17) is 0 Å². The van der Waals surface area contributed by atoms with E-state index in [1.54, 1.807) is 0 Å². The third-order valence-electron chi connectivity index (χ3n) is 2.48. The van der Waals surface area contributed by atoms with Crippen molar-refractivity contribution < 1.29 is 4.21 Å². The highest BCUT2D eigenvalue weighted by Gasteiger charge is 2.26. The summed E-state index contributed by atoms with van der Waals surface area (Å²) in [7, 11) is -1.04. The molecule has 0 amide bonds. The minimum Gasteiger partial charge on any atom is -0.360 e. The highest BCUT2D eigenvalue weighted by Crippen LogP contribution is 2.35. The molecule has 0 aromatic heterocycles. The summed E-state index contributed by atoms with van der Waals surface area (Å²) >= 11 is 0. The molecule has 0 radical (unpaired) electrons. The summed E-state index contributed by atoms with van der Waals surface area (Å²) in [5.74, 6) is 0. The normalized spacial score (nSPS) is 22.0. The number of hydrogen-bond acceptors (Lipinski definition) is 2. The summed E-state index contributed by atoms with van der Waals surface area (Å²) in [6, 6.07) is 7.80. The van der Waals surface area contributed by atoms with E-state index in [1.165, 1.54) is 0 Å². The van der Waals surface area contributed by atoms with Crippen LogP contribution in [0.5, 0.6) is 0 Å². The first-order valence-corrected chi connectivity index (χ1v) is 5.88. The van der Waals surface area contributed by atoms with Crippen LogP contribution in [0.25, 0.3) is 5.70 Å². The minimum absolute atomic E-state index is 0.862. The Hall–Kier alpha value is -1.61. The maximum absolute atomic E-state index is 12.1. The van der Waals surface area contributed by atoms with E-state index in [-0.39, 0.29) is 0 Å². The van der Waals surface area contributed by atoms with Gasteiger partial charge in [0.1, 0.15) is 0 Å². The van der Waals surface area contributed by atoms with Gasteiger partial charge in [-0.2, -0.15) is 0 Å². The average molecular weight is 215 g/mol. The second-order valence-electron chi connectivity index (χ2n) is 3.37. The summed E-state index contributed by atoms with van der Waals surface area (Å²) in [5.41, 5.74) is 2.01. The Morgan fingerprint density at radius 3 is 2.93 bits per heavy atom. The fraction of sp³-hybridized carbons (Fsp3) is 0. The fourth-order valence-corrected chi connectivity index (χ4v) is 3.17.